The van der Waals surface area contributed by atoms with Crippen LogP contribution in [-0.2, 0) is 9.59 Å². The van der Waals surface area contributed by atoms with Gasteiger partial charge in [0.1, 0.15) is 5.78 Å². The molecule has 5 nitrogen and oxygen atoms in total. The van der Waals surface area contributed by atoms with Gasteiger partial charge in [-0.25, -0.2) is 0 Å². The molecule has 5 heteroatoms. The van der Waals surface area contributed by atoms with Crippen LogP contribution < -0.4 is 0 Å². The van der Waals surface area contributed by atoms with Crippen LogP contribution in [0.3, 0.4) is 0 Å². The molecule has 0 bridgehead atoms. The fraction of sp³-hybridized carbons (Fsp3) is 0.810. The Bertz CT molecular complexity index is 699. The zero-order valence-electron chi connectivity index (χ0n) is 15.9. The lowest BCUT2D eigenvalue weighted by Crippen LogP contribution is -2.60. The monoisotopic (exact) mass is 362 g/mol. The van der Waals surface area contributed by atoms with Crippen molar-refractivity contribution in [1.82, 2.24) is 0 Å². The number of Topliss-reactive ketones (excluding diaryl/α,β-unsaturated/α-hetero) is 1. The first-order chi connectivity index (χ1) is 12.0. The minimum absolute atomic E-state index is 0.0103. The number of allylic oxidation sites excluding steroid dienone is 1. The lowest BCUT2D eigenvalue weighted by Gasteiger charge is -2.59. The number of ketones is 2. The number of hydrogen-bond donors (Lipinski definition) is 3. The van der Waals surface area contributed by atoms with Gasteiger partial charge in [-0.2, -0.15) is 0 Å². The van der Waals surface area contributed by atoms with E-state index in [2.05, 4.69) is 0 Å². The molecule has 0 radical (unpaired) electrons. The highest BCUT2D eigenvalue weighted by Gasteiger charge is 2.67. The van der Waals surface area contributed by atoms with Crippen molar-refractivity contribution in [2.45, 2.75) is 77.1 Å². The average Bonchev–Trinajstić information content (AvgIpc) is 2.83. The second-order valence-electron chi connectivity index (χ2n) is 9.71. The number of rotatable bonds is 1. The van der Waals surface area contributed by atoms with E-state index in [1.807, 2.05) is 13.8 Å². The highest BCUT2D eigenvalue weighted by Crippen LogP contribution is 2.67. The standard InChI is InChI=1S/C21H30O5/c1-11(22)12-5-7-21(26)14-8-16(23)15-9-17(24)18(25)10-19(15,2)13(14)4-6-20(12,21)3/h8,12-13,15,17-18,24-26H,4-7,9-10H2,1-3H3/t12-,13-,15-,17-,18+,19+,20+,21+/m0/s1. The Hall–Kier alpha value is -1.04. The second kappa shape index (κ2) is 5.49. The molecule has 4 aliphatic carbocycles. The number of carbonyl (C=O) groups excluding carboxylic acids is 2. The fourth-order valence-corrected chi connectivity index (χ4v) is 7.02. The van der Waals surface area contributed by atoms with Gasteiger partial charge in [0, 0.05) is 17.3 Å². The highest BCUT2D eigenvalue weighted by atomic mass is 16.3. The number of fused-ring (bicyclic) bond motifs is 5. The SMILES string of the molecule is CC(=O)[C@@H]1CC[C@@]2(O)C3=CC(=O)[C@@H]4C[C@H](O)[C@H](O)C[C@]4(C)[C@H]3CC[C@]12C. The van der Waals surface area contributed by atoms with Crippen molar-refractivity contribution >= 4 is 11.6 Å². The maximum atomic E-state index is 12.9. The van der Waals surface area contributed by atoms with Crippen LogP contribution in [0, 0.1) is 28.6 Å². The molecule has 0 aromatic rings. The first-order valence-electron chi connectivity index (χ1n) is 9.89. The molecule has 0 amide bonds. The second-order valence-corrected chi connectivity index (χ2v) is 9.71. The van der Waals surface area contributed by atoms with Crippen LogP contribution in [0.1, 0.15) is 59.3 Å². The van der Waals surface area contributed by atoms with Crippen molar-refractivity contribution in [3.8, 4) is 0 Å². The Kier molecular flexibility index (Phi) is 3.87. The van der Waals surface area contributed by atoms with Crippen molar-refractivity contribution in [2.24, 2.45) is 28.6 Å². The van der Waals surface area contributed by atoms with Gasteiger partial charge in [0.05, 0.1) is 17.8 Å². The molecule has 0 aliphatic heterocycles. The van der Waals surface area contributed by atoms with Crippen LogP contribution >= 0.6 is 0 Å². The third-order valence-corrected chi connectivity index (χ3v) is 8.61. The van der Waals surface area contributed by atoms with E-state index in [9.17, 15) is 24.9 Å². The van der Waals surface area contributed by atoms with Crippen LogP contribution in [0.25, 0.3) is 0 Å². The van der Waals surface area contributed by atoms with E-state index in [1.165, 1.54) is 0 Å². The van der Waals surface area contributed by atoms with Gasteiger partial charge in [0.25, 0.3) is 0 Å². The Labute approximate surface area is 154 Å². The number of hydrogen-bond acceptors (Lipinski definition) is 5. The molecule has 0 unspecified atom stereocenters. The van der Waals surface area contributed by atoms with Crippen molar-refractivity contribution in [2.75, 3.05) is 0 Å². The fourth-order valence-electron chi connectivity index (χ4n) is 7.02. The first kappa shape index (κ1) is 18.3. The Morgan fingerprint density at radius 3 is 2.46 bits per heavy atom. The molecule has 3 fully saturated rings. The molecule has 26 heavy (non-hydrogen) atoms. The number of aliphatic hydroxyl groups excluding tert-OH is 2. The molecule has 0 spiro atoms. The number of carbonyl (C=O) groups is 2. The summed E-state index contributed by atoms with van der Waals surface area (Å²) in [7, 11) is 0. The van der Waals surface area contributed by atoms with Crippen molar-refractivity contribution in [3.63, 3.8) is 0 Å². The summed E-state index contributed by atoms with van der Waals surface area (Å²) in [4.78, 5) is 25.1. The summed E-state index contributed by atoms with van der Waals surface area (Å²) < 4.78 is 0. The molecule has 0 aromatic heterocycles. The molecular weight excluding hydrogens is 332 g/mol. The highest BCUT2D eigenvalue weighted by molar-refractivity contribution is 5.95. The van der Waals surface area contributed by atoms with Gasteiger partial charge in [0.2, 0.25) is 0 Å². The maximum absolute atomic E-state index is 12.9. The largest absolute Gasteiger partial charge is 0.390 e. The van der Waals surface area contributed by atoms with E-state index in [0.29, 0.717) is 19.3 Å². The predicted octanol–water partition coefficient (Wildman–Crippen LogP) is 1.78. The Balaban J connectivity index is 1.80. The van der Waals surface area contributed by atoms with E-state index in [-0.39, 0.29) is 35.7 Å². The summed E-state index contributed by atoms with van der Waals surface area (Å²) in [6.07, 6.45) is 3.29. The molecule has 3 N–H and O–H groups in total. The molecule has 0 heterocycles. The van der Waals surface area contributed by atoms with Gasteiger partial charge in [-0.1, -0.05) is 13.8 Å². The van der Waals surface area contributed by atoms with Crippen LogP contribution in [-0.4, -0.2) is 44.7 Å². The van der Waals surface area contributed by atoms with Gasteiger partial charge in [-0.05, 0) is 68.4 Å². The van der Waals surface area contributed by atoms with Crippen molar-refractivity contribution < 1.29 is 24.9 Å². The summed E-state index contributed by atoms with van der Waals surface area (Å²) in [6, 6.07) is 0. The molecule has 0 saturated heterocycles. The van der Waals surface area contributed by atoms with Crippen LogP contribution in [0.2, 0.25) is 0 Å². The lowest BCUT2D eigenvalue weighted by atomic mass is 9.46. The van der Waals surface area contributed by atoms with Gasteiger partial charge in [-0.15, -0.1) is 0 Å². The van der Waals surface area contributed by atoms with Gasteiger partial charge in [0.15, 0.2) is 5.78 Å². The van der Waals surface area contributed by atoms with Gasteiger partial charge < -0.3 is 15.3 Å². The summed E-state index contributed by atoms with van der Waals surface area (Å²) in [5.74, 6) is -0.406. The summed E-state index contributed by atoms with van der Waals surface area (Å²) in [5.41, 5.74) is -1.33. The maximum Gasteiger partial charge on any atom is 0.159 e. The number of aliphatic hydroxyl groups is 3. The zero-order chi connectivity index (χ0) is 19.1. The topological polar surface area (TPSA) is 94.8 Å². The molecule has 0 aromatic carbocycles. The van der Waals surface area contributed by atoms with E-state index in [0.717, 1.165) is 18.4 Å². The molecule has 4 aliphatic rings. The Morgan fingerprint density at radius 2 is 1.81 bits per heavy atom. The summed E-state index contributed by atoms with van der Waals surface area (Å²) in [5, 5.41) is 32.1. The van der Waals surface area contributed by atoms with Crippen molar-refractivity contribution in [3.05, 3.63) is 11.6 Å². The minimum Gasteiger partial charge on any atom is -0.390 e. The van der Waals surface area contributed by atoms with Gasteiger partial charge >= 0.3 is 0 Å². The van der Waals surface area contributed by atoms with E-state index in [1.54, 1.807) is 13.0 Å². The van der Waals surface area contributed by atoms with Crippen LogP contribution in [0.15, 0.2) is 11.6 Å². The van der Waals surface area contributed by atoms with E-state index < -0.39 is 28.6 Å². The van der Waals surface area contributed by atoms with E-state index in [4.69, 9.17) is 0 Å². The van der Waals surface area contributed by atoms with Crippen LogP contribution in [0.4, 0.5) is 0 Å². The predicted molar refractivity (Wildman–Crippen MR) is 95.1 cm³/mol. The quantitative estimate of drug-likeness (QED) is 0.661. The molecule has 144 valence electrons. The zero-order valence-corrected chi connectivity index (χ0v) is 15.9. The molecule has 4 rings (SSSR count). The third kappa shape index (κ3) is 2.08. The Morgan fingerprint density at radius 1 is 1.12 bits per heavy atom. The van der Waals surface area contributed by atoms with Crippen molar-refractivity contribution in [1.29, 1.82) is 0 Å². The van der Waals surface area contributed by atoms with E-state index >= 15 is 0 Å². The molecule has 8 atom stereocenters. The van der Waals surface area contributed by atoms with Gasteiger partial charge in [-0.3, -0.25) is 9.59 Å². The minimum atomic E-state index is -1.13. The molecular formula is C21H30O5. The normalized spacial score (nSPS) is 53.4. The molecule has 3 saturated carbocycles. The average molecular weight is 362 g/mol. The first-order valence-corrected chi connectivity index (χ1v) is 9.89. The van der Waals surface area contributed by atoms with Crippen LogP contribution in [0.5, 0.6) is 0 Å². The third-order valence-electron chi connectivity index (χ3n) is 8.61. The summed E-state index contributed by atoms with van der Waals surface area (Å²) in [6.45, 7) is 5.64. The lowest BCUT2D eigenvalue weighted by molar-refractivity contribution is -0.153. The smallest absolute Gasteiger partial charge is 0.159 e. The summed E-state index contributed by atoms with van der Waals surface area (Å²) >= 11 is 0.